The number of aryl methyl sites for hydroxylation is 1. The van der Waals surface area contributed by atoms with Crippen LogP contribution in [0.2, 0.25) is 5.02 Å². The fraction of sp³-hybridized carbons (Fsp3) is 0.190. The molecule has 0 unspecified atom stereocenters. The van der Waals surface area contributed by atoms with E-state index in [1.807, 2.05) is 43.3 Å². The molecule has 1 saturated carbocycles. The number of benzene rings is 2. The third-order valence-corrected chi connectivity index (χ3v) is 6.27. The number of aromatic nitrogens is 2. The Hall–Kier alpha value is -2.70. The highest BCUT2D eigenvalue weighted by molar-refractivity contribution is 7.18. The number of thiazole rings is 1. The van der Waals surface area contributed by atoms with Gasteiger partial charge in [0.1, 0.15) is 0 Å². The van der Waals surface area contributed by atoms with Gasteiger partial charge in [0, 0.05) is 22.3 Å². The fourth-order valence-corrected chi connectivity index (χ4v) is 4.28. The minimum Gasteiger partial charge on any atom is -0.356 e. The van der Waals surface area contributed by atoms with E-state index in [1.54, 1.807) is 23.5 Å². The zero-order valence-electron chi connectivity index (χ0n) is 15.0. The van der Waals surface area contributed by atoms with Gasteiger partial charge in [-0.25, -0.2) is 4.98 Å². The van der Waals surface area contributed by atoms with Gasteiger partial charge in [-0.2, -0.15) is 0 Å². The molecule has 1 aliphatic rings. The minimum absolute atomic E-state index is 0.0604. The van der Waals surface area contributed by atoms with Crippen molar-refractivity contribution in [3.05, 3.63) is 64.3 Å². The summed E-state index contributed by atoms with van der Waals surface area (Å²) in [7, 11) is 0. The van der Waals surface area contributed by atoms with Crippen LogP contribution in [-0.4, -0.2) is 16.0 Å². The molecular formula is C21H16ClN3O2S. The summed E-state index contributed by atoms with van der Waals surface area (Å²) < 4.78 is 6.61. The number of carbonyl (C=O) groups excluding carboxylic acids is 1. The van der Waals surface area contributed by atoms with Crippen LogP contribution in [0.15, 0.2) is 53.1 Å². The molecule has 28 heavy (non-hydrogen) atoms. The Morgan fingerprint density at radius 1 is 1.18 bits per heavy atom. The van der Waals surface area contributed by atoms with Crippen molar-refractivity contribution in [3.63, 3.8) is 0 Å². The predicted molar refractivity (Wildman–Crippen MR) is 111 cm³/mol. The van der Waals surface area contributed by atoms with Gasteiger partial charge in [0.25, 0.3) is 0 Å². The Balaban J connectivity index is 1.39. The van der Waals surface area contributed by atoms with E-state index in [0.717, 1.165) is 39.3 Å². The summed E-state index contributed by atoms with van der Waals surface area (Å²) in [5.74, 6) is 0.569. The number of hydrogen-bond acceptors (Lipinski definition) is 5. The summed E-state index contributed by atoms with van der Waals surface area (Å²) in [6.07, 6.45) is 1.51. The smallest absolute Gasteiger partial charge is 0.236 e. The van der Waals surface area contributed by atoms with Gasteiger partial charge >= 0.3 is 0 Å². The summed E-state index contributed by atoms with van der Waals surface area (Å²) >= 11 is 7.58. The number of fused-ring (bicyclic) bond motifs is 1. The summed E-state index contributed by atoms with van der Waals surface area (Å²) in [6, 6.07) is 15.0. The van der Waals surface area contributed by atoms with Gasteiger partial charge in [-0.05, 0) is 62.2 Å². The van der Waals surface area contributed by atoms with Gasteiger partial charge in [0.05, 0.1) is 26.3 Å². The van der Waals surface area contributed by atoms with E-state index in [0.29, 0.717) is 16.5 Å². The van der Waals surface area contributed by atoms with Crippen molar-refractivity contribution >= 4 is 44.7 Å². The van der Waals surface area contributed by atoms with Crippen molar-refractivity contribution in [1.82, 2.24) is 10.1 Å². The largest absolute Gasteiger partial charge is 0.356 e. The number of rotatable bonds is 4. The maximum Gasteiger partial charge on any atom is 0.236 e. The van der Waals surface area contributed by atoms with Crippen molar-refractivity contribution in [3.8, 4) is 11.3 Å². The van der Waals surface area contributed by atoms with Gasteiger partial charge in [0.15, 0.2) is 5.76 Å². The quantitative estimate of drug-likeness (QED) is 0.477. The maximum absolute atomic E-state index is 13.0. The molecule has 1 amide bonds. The molecule has 5 rings (SSSR count). The average molecular weight is 410 g/mol. The van der Waals surface area contributed by atoms with E-state index in [1.165, 1.54) is 0 Å². The standard InChI is InChI=1S/C21H16ClN3O2S/c1-12-23-16-10-15(6-7-18(16)28-12)24-20(26)21(8-9-21)19-11-17(27-25-19)13-2-4-14(22)5-3-13/h2-7,10-11H,8-9H2,1H3,(H,24,26). The molecule has 0 saturated heterocycles. The van der Waals surface area contributed by atoms with Crippen LogP contribution in [0.5, 0.6) is 0 Å². The summed E-state index contributed by atoms with van der Waals surface area (Å²) in [5.41, 5.74) is 2.57. The molecule has 2 heterocycles. The molecule has 140 valence electrons. The number of nitrogens with one attached hydrogen (secondary N) is 1. The van der Waals surface area contributed by atoms with Gasteiger partial charge in [-0.1, -0.05) is 16.8 Å². The van der Waals surface area contributed by atoms with E-state index >= 15 is 0 Å². The molecule has 0 radical (unpaired) electrons. The lowest BCUT2D eigenvalue weighted by Gasteiger charge is -2.12. The van der Waals surface area contributed by atoms with Crippen LogP contribution in [0.4, 0.5) is 5.69 Å². The third-order valence-electron chi connectivity index (χ3n) is 5.07. The van der Waals surface area contributed by atoms with Crippen molar-refractivity contribution in [2.45, 2.75) is 25.2 Å². The number of halogens is 1. The Labute approximate surface area is 170 Å². The number of anilines is 1. The number of hydrogen-bond donors (Lipinski definition) is 1. The molecule has 1 aliphatic carbocycles. The Morgan fingerprint density at radius 3 is 2.71 bits per heavy atom. The number of carbonyl (C=O) groups is 1. The van der Waals surface area contributed by atoms with Crippen LogP contribution < -0.4 is 5.32 Å². The van der Waals surface area contributed by atoms with E-state index < -0.39 is 5.41 Å². The maximum atomic E-state index is 13.0. The number of amides is 1. The second-order valence-corrected chi connectivity index (χ2v) is 8.71. The van der Waals surface area contributed by atoms with Crippen LogP contribution in [0.1, 0.15) is 23.5 Å². The third kappa shape index (κ3) is 2.99. The van der Waals surface area contributed by atoms with Crippen LogP contribution in [0.25, 0.3) is 21.5 Å². The average Bonchev–Trinajstić information content (AvgIpc) is 3.18. The van der Waals surface area contributed by atoms with Crippen molar-refractivity contribution in [2.75, 3.05) is 5.32 Å². The lowest BCUT2D eigenvalue weighted by atomic mass is 10.00. The summed E-state index contributed by atoms with van der Waals surface area (Å²) in [5, 5.41) is 8.88. The zero-order valence-corrected chi connectivity index (χ0v) is 16.6. The molecule has 1 fully saturated rings. The summed E-state index contributed by atoms with van der Waals surface area (Å²) in [6.45, 7) is 1.98. The van der Waals surface area contributed by atoms with Crippen molar-refractivity contribution < 1.29 is 9.32 Å². The highest BCUT2D eigenvalue weighted by Crippen LogP contribution is 2.49. The first kappa shape index (κ1) is 17.4. The van der Waals surface area contributed by atoms with E-state index in [-0.39, 0.29) is 5.91 Å². The molecule has 2 aromatic carbocycles. The first-order valence-corrected chi connectivity index (χ1v) is 10.1. The number of nitrogens with zero attached hydrogens (tertiary/aromatic N) is 2. The molecule has 0 bridgehead atoms. The monoisotopic (exact) mass is 409 g/mol. The first-order chi connectivity index (χ1) is 13.5. The Morgan fingerprint density at radius 2 is 1.96 bits per heavy atom. The normalized spacial score (nSPS) is 14.9. The topological polar surface area (TPSA) is 68.0 Å². The van der Waals surface area contributed by atoms with E-state index in [9.17, 15) is 4.79 Å². The molecule has 4 aromatic rings. The molecule has 0 spiro atoms. The van der Waals surface area contributed by atoms with Crippen LogP contribution in [-0.2, 0) is 10.2 Å². The first-order valence-electron chi connectivity index (χ1n) is 8.95. The Bertz CT molecular complexity index is 1190. The van der Waals surface area contributed by atoms with Crippen molar-refractivity contribution in [1.29, 1.82) is 0 Å². The van der Waals surface area contributed by atoms with Crippen LogP contribution in [0, 0.1) is 6.92 Å². The lowest BCUT2D eigenvalue weighted by molar-refractivity contribution is -0.118. The van der Waals surface area contributed by atoms with Crippen LogP contribution in [0.3, 0.4) is 0 Å². The molecule has 7 heteroatoms. The van der Waals surface area contributed by atoms with E-state index in [4.69, 9.17) is 16.1 Å². The molecular weight excluding hydrogens is 394 g/mol. The van der Waals surface area contributed by atoms with E-state index in [2.05, 4.69) is 15.5 Å². The fourth-order valence-electron chi connectivity index (χ4n) is 3.35. The van der Waals surface area contributed by atoms with Gasteiger partial charge in [-0.3, -0.25) is 4.79 Å². The van der Waals surface area contributed by atoms with Gasteiger partial charge in [-0.15, -0.1) is 11.3 Å². The highest BCUT2D eigenvalue weighted by atomic mass is 35.5. The molecule has 2 aromatic heterocycles. The molecule has 0 atom stereocenters. The van der Waals surface area contributed by atoms with Crippen molar-refractivity contribution in [2.24, 2.45) is 0 Å². The second kappa shape index (κ2) is 6.43. The lowest BCUT2D eigenvalue weighted by Crippen LogP contribution is -2.28. The van der Waals surface area contributed by atoms with Gasteiger partial charge < -0.3 is 9.84 Å². The predicted octanol–water partition coefficient (Wildman–Crippen LogP) is 5.58. The molecule has 1 N–H and O–H groups in total. The van der Waals surface area contributed by atoms with Crippen LogP contribution >= 0.6 is 22.9 Å². The highest BCUT2D eigenvalue weighted by Gasteiger charge is 2.53. The SMILES string of the molecule is Cc1nc2cc(NC(=O)C3(c4cc(-c5ccc(Cl)cc5)on4)CC3)ccc2s1. The minimum atomic E-state index is -0.624. The molecule has 0 aliphatic heterocycles. The van der Waals surface area contributed by atoms with Gasteiger partial charge in [0.2, 0.25) is 5.91 Å². The summed E-state index contributed by atoms with van der Waals surface area (Å²) in [4.78, 5) is 17.5. The zero-order chi connectivity index (χ0) is 19.3. The molecule has 5 nitrogen and oxygen atoms in total. The second-order valence-electron chi connectivity index (χ2n) is 7.03. The Kier molecular flexibility index (Phi) is 4.00.